The van der Waals surface area contributed by atoms with E-state index in [1.54, 1.807) is 17.1 Å². The van der Waals surface area contributed by atoms with Gasteiger partial charge in [0.25, 0.3) is 5.91 Å². The van der Waals surface area contributed by atoms with Gasteiger partial charge in [0.15, 0.2) is 0 Å². The molecule has 0 aliphatic carbocycles. The molecule has 1 N–H and O–H groups in total. The first kappa shape index (κ1) is 12.2. The topological polar surface area (TPSA) is 59.8 Å². The fraction of sp³-hybridized carbons (Fsp3) is 0.250. The summed E-state index contributed by atoms with van der Waals surface area (Å²) in [6, 6.07) is 1.35. The van der Waals surface area contributed by atoms with Gasteiger partial charge in [-0.1, -0.05) is 0 Å². The molecule has 2 rings (SSSR count). The van der Waals surface area contributed by atoms with Crippen molar-refractivity contribution in [3.63, 3.8) is 0 Å². The van der Waals surface area contributed by atoms with Gasteiger partial charge in [0, 0.05) is 18.4 Å². The molecule has 0 aromatic carbocycles. The predicted molar refractivity (Wildman–Crippen MR) is 64.8 cm³/mol. The van der Waals surface area contributed by atoms with Crippen molar-refractivity contribution in [3.05, 3.63) is 42.2 Å². The first-order valence-electron chi connectivity index (χ1n) is 5.52. The van der Waals surface area contributed by atoms with Crippen molar-refractivity contribution in [2.24, 2.45) is 0 Å². The van der Waals surface area contributed by atoms with Gasteiger partial charge in [0.1, 0.15) is 5.82 Å². The van der Waals surface area contributed by atoms with Crippen LogP contribution in [0.1, 0.15) is 30.2 Å². The Bertz CT molecular complexity index is 565. The molecule has 0 saturated heterocycles. The largest absolute Gasteiger partial charge is 0.319 e. The van der Waals surface area contributed by atoms with E-state index >= 15 is 0 Å². The summed E-state index contributed by atoms with van der Waals surface area (Å²) in [6.07, 6.45) is 5.62. The Kier molecular flexibility index (Phi) is 3.36. The molecule has 0 bridgehead atoms. The SMILES string of the molecule is CC(C)n1cc(NC(=O)c2cncc(F)c2)cn1. The monoisotopic (exact) mass is 248 g/mol. The minimum Gasteiger partial charge on any atom is -0.319 e. The smallest absolute Gasteiger partial charge is 0.257 e. The number of halogens is 1. The normalized spacial score (nSPS) is 10.7. The summed E-state index contributed by atoms with van der Waals surface area (Å²) in [5.74, 6) is -0.953. The van der Waals surface area contributed by atoms with Gasteiger partial charge in [-0.25, -0.2) is 4.39 Å². The third kappa shape index (κ3) is 2.71. The van der Waals surface area contributed by atoms with Crippen LogP contribution in [-0.2, 0) is 0 Å². The van der Waals surface area contributed by atoms with Gasteiger partial charge in [0.2, 0.25) is 0 Å². The van der Waals surface area contributed by atoms with Crippen LogP contribution in [0.4, 0.5) is 10.1 Å². The van der Waals surface area contributed by atoms with Crippen LogP contribution < -0.4 is 5.32 Å². The average molecular weight is 248 g/mol. The number of pyridine rings is 1. The van der Waals surface area contributed by atoms with Crippen LogP contribution in [0.5, 0.6) is 0 Å². The standard InChI is InChI=1S/C12H13FN4O/c1-8(2)17-7-11(6-15-17)16-12(18)9-3-10(13)5-14-4-9/h3-8H,1-2H3,(H,16,18). The zero-order valence-electron chi connectivity index (χ0n) is 10.1. The first-order chi connectivity index (χ1) is 8.56. The molecule has 5 nitrogen and oxygen atoms in total. The minimum absolute atomic E-state index is 0.173. The van der Waals surface area contributed by atoms with E-state index in [2.05, 4.69) is 15.4 Å². The molecule has 6 heteroatoms. The van der Waals surface area contributed by atoms with Crippen LogP contribution in [0.2, 0.25) is 0 Å². The zero-order valence-corrected chi connectivity index (χ0v) is 10.1. The highest BCUT2D eigenvalue weighted by Gasteiger charge is 2.09. The molecule has 0 saturated carbocycles. The lowest BCUT2D eigenvalue weighted by Gasteiger charge is -2.04. The minimum atomic E-state index is -0.541. The number of rotatable bonds is 3. The van der Waals surface area contributed by atoms with Gasteiger partial charge in [-0.15, -0.1) is 0 Å². The van der Waals surface area contributed by atoms with Gasteiger partial charge in [-0.3, -0.25) is 14.5 Å². The zero-order chi connectivity index (χ0) is 13.1. The van der Waals surface area contributed by atoms with E-state index < -0.39 is 11.7 Å². The third-order valence-electron chi connectivity index (χ3n) is 2.36. The number of hydrogen-bond acceptors (Lipinski definition) is 3. The van der Waals surface area contributed by atoms with Crippen molar-refractivity contribution in [2.45, 2.75) is 19.9 Å². The molecule has 2 aromatic rings. The molecule has 0 fully saturated rings. The van der Waals surface area contributed by atoms with Crippen LogP contribution in [0, 0.1) is 5.82 Å². The molecule has 0 atom stereocenters. The molecule has 2 aromatic heterocycles. The van der Waals surface area contributed by atoms with Gasteiger partial charge in [-0.05, 0) is 19.9 Å². The number of aromatic nitrogens is 3. The number of anilines is 1. The summed E-state index contributed by atoms with van der Waals surface area (Å²) >= 11 is 0. The fourth-order valence-electron chi connectivity index (χ4n) is 1.42. The molecular weight excluding hydrogens is 235 g/mol. The fourth-order valence-corrected chi connectivity index (χ4v) is 1.42. The average Bonchev–Trinajstić information content (AvgIpc) is 2.77. The maximum atomic E-state index is 12.9. The Balaban J connectivity index is 2.11. The summed E-state index contributed by atoms with van der Waals surface area (Å²) in [5.41, 5.74) is 0.741. The Morgan fingerprint density at radius 3 is 2.78 bits per heavy atom. The maximum absolute atomic E-state index is 12.9. The van der Waals surface area contributed by atoms with E-state index in [-0.39, 0.29) is 11.6 Å². The van der Waals surface area contributed by atoms with Crippen molar-refractivity contribution in [1.29, 1.82) is 0 Å². The summed E-state index contributed by atoms with van der Waals surface area (Å²) in [6.45, 7) is 3.96. The summed E-state index contributed by atoms with van der Waals surface area (Å²) < 4.78 is 14.6. The molecule has 0 unspecified atom stereocenters. The second kappa shape index (κ2) is 4.95. The maximum Gasteiger partial charge on any atom is 0.257 e. The van der Waals surface area contributed by atoms with Crippen molar-refractivity contribution < 1.29 is 9.18 Å². The number of nitrogens with zero attached hydrogens (tertiary/aromatic N) is 3. The van der Waals surface area contributed by atoms with Gasteiger partial charge >= 0.3 is 0 Å². The molecule has 0 aliphatic heterocycles. The Morgan fingerprint density at radius 2 is 2.17 bits per heavy atom. The second-order valence-electron chi connectivity index (χ2n) is 4.15. The van der Waals surface area contributed by atoms with Crippen molar-refractivity contribution in [3.8, 4) is 0 Å². The van der Waals surface area contributed by atoms with Crippen LogP contribution in [0.15, 0.2) is 30.9 Å². The van der Waals surface area contributed by atoms with E-state index in [1.807, 2.05) is 13.8 Å². The van der Waals surface area contributed by atoms with Gasteiger partial charge in [-0.2, -0.15) is 5.10 Å². The highest BCUT2D eigenvalue weighted by Crippen LogP contribution is 2.11. The van der Waals surface area contributed by atoms with E-state index in [9.17, 15) is 9.18 Å². The van der Waals surface area contributed by atoms with Crippen molar-refractivity contribution in [2.75, 3.05) is 5.32 Å². The number of nitrogens with one attached hydrogen (secondary N) is 1. The lowest BCUT2D eigenvalue weighted by atomic mass is 10.2. The van der Waals surface area contributed by atoms with Crippen LogP contribution in [-0.4, -0.2) is 20.7 Å². The highest BCUT2D eigenvalue weighted by atomic mass is 19.1. The predicted octanol–water partition coefficient (Wildman–Crippen LogP) is 2.25. The molecular formula is C12H13FN4O. The Labute approximate surface area is 104 Å². The third-order valence-corrected chi connectivity index (χ3v) is 2.36. The number of hydrogen-bond donors (Lipinski definition) is 1. The van der Waals surface area contributed by atoms with E-state index in [4.69, 9.17) is 0 Å². The molecule has 2 heterocycles. The first-order valence-corrected chi connectivity index (χ1v) is 5.52. The van der Waals surface area contributed by atoms with Crippen LogP contribution in [0.25, 0.3) is 0 Å². The van der Waals surface area contributed by atoms with E-state index in [1.165, 1.54) is 6.20 Å². The number of carbonyl (C=O) groups is 1. The van der Waals surface area contributed by atoms with E-state index in [0.29, 0.717) is 5.69 Å². The number of carbonyl (C=O) groups excluding carboxylic acids is 1. The molecule has 0 radical (unpaired) electrons. The Hall–Kier alpha value is -2.24. The molecule has 94 valence electrons. The highest BCUT2D eigenvalue weighted by molar-refractivity contribution is 6.03. The van der Waals surface area contributed by atoms with Crippen LogP contribution >= 0.6 is 0 Å². The van der Waals surface area contributed by atoms with Gasteiger partial charge in [0.05, 0.1) is 23.6 Å². The summed E-state index contributed by atoms with van der Waals surface area (Å²) in [4.78, 5) is 15.4. The van der Waals surface area contributed by atoms with Crippen molar-refractivity contribution in [1.82, 2.24) is 14.8 Å². The quantitative estimate of drug-likeness (QED) is 0.906. The van der Waals surface area contributed by atoms with Gasteiger partial charge < -0.3 is 5.32 Å². The molecule has 1 amide bonds. The van der Waals surface area contributed by atoms with Crippen LogP contribution in [0.3, 0.4) is 0 Å². The second-order valence-corrected chi connectivity index (χ2v) is 4.15. The number of amides is 1. The molecule has 0 aliphatic rings. The summed E-state index contributed by atoms with van der Waals surface area (Å²) in [7, 11) is 0. The molecule has 18 heavy (non-hydrogen) atoms. The van der Waals surface area contributed by atoms with E-state index in [0.717, 1.165) is 12.3 Å². The lowest BCUT2D eigenvalue weighted by Crippen LogP contribution is -2.12. The molecule has 0 spiro atoms. The lowest BCUT2D eigenvalue weighted by molar-refractivity contribution is 0.102. The Morgan fingerprint density at radius 1 is 1.39 bits per heavy atom. The van der Waals surface area contributed by atoms with Crippen molar-refractivity contribution >= 4 is 11.6 Å². The summed E-state index contributed by atoms with van der Waals surface area (Å²) in [5, 5.41) is 6.72.